The number of hydrogen-bond donors (Lipinski definition) is 1. The van der Waals surface area contributed by atoms with Gasteiger partial charge in [-0.05, 0) is 31.0 Å². The van der Waals surface area contributed by atoms with Gasteiger partial charge in [-0.3, -0.25) is 14.2 Å². The van der Waals surface area contributed by atoms with E-state index < -0.39 is 0 Å². The topological polar surface area (TPSA) is 73.2 Å². The third-order valence-corrected chi connectivity index (χ3v) is 5.42. The Kier molecular flexibility index (Phi) is 7.43. The van der Waals surface area contributed by atoms with Gasteiger partial charge in [0.15, 0.2) is 5.03 Å². The van der Waals surface area contributed by atoms with Gasteiger partial charge < -0.3 is 10.1 Å². The molecule has 3 rings (SSSR count). The minimum atomic E-state index is -0.179. The van der Waals surface area contributed by atoms with E-state index >= 15 is 0 Å². The summed E-state index contributed by atoms with van der Waals surface area (Å²) in [5, 5.41) is 3.16. The van der Waals surface area contributed by atoms with Crippen molar-refractivity contribution in [1.82, 2.24) is 14.9 Å². The predicted octanol–water partition coefficient (Wildman–Crippen LogP) is 3.00. The molecule has 6 nitrogen and oxygen atoms in total. The zero-order valence-corrected chi connectivity index (χ0v) is 17.5. The quantitative estimate of drug-likeness (QED) is 0.433. The Hall–Kier alpha value is -2.64. The number of hydrogen-bond acceptors (Lipinski definition) is 5. The summed E-state index contributed by atoms with van der Waals surface area (Å²) in [5.74, 6) is 0.0310. The lowest BCUT2D eigenvalue weighted by molar-refractivity contribution is -0.118. The maximum Gasteiger partial charge on any atom is 0.283 e. The SMILES string of the molecule is COCCCNC(=O)CSc1nc2ccccc2n(Cc2ccc(C)cc2)c1=O. The van der Waals surface area contributed by atoms with Gasteiger partial charge in [-0.1, -0.05) is 53.7 Å². The van der Waals surface area contributed by atoms with Crippen LogP contribution in [0.5, 0.6) is 0 Å². The van der Waals surface area contributed by atoms with E-state index in [0.717, 1.165) is 23.0 Å². The molecule has 152 valence electrons. The molecule has 0 aliphatic rings. The summed E-state index contributed by atoms with van der Waals surface area (Å²) < 4.78 is 6.70. The van der Waals surface area contributed by atoms with Crippen molar-refractivity contribution in [2.45, 2.75) is 24.9 Å². The molecule has 0 saturated carbocycles. The smallest absolute Gasteiger partial charge is 0.283 e. The van der Waals surface area contributed by atoms with Crippen LogP contribution in [0.2, 0.25) is 0 Å². The molecule has 0 aliphatic heterocycles. The molecule has 2 aromatic carbocycles. The highest BCUT2D eigenvalue weighted by Crippen LogP contribution is 2.17. The van der Waals surface area contributed by atoms with Crippen LogP contribution in [0, 0.1) is 6.92 Å². The summed E-state index contributed by atoms with van der Waals surface area (Å²) in [4.78, 5) is 29.7. The van der Waals surface area contributed by atoms with Crippen LogP contribution in [0.4, 0.5) is 0 Å². The molecule has 0 aliphatic carbocycles. The Labute approximate surface area is 174 Å². The average Bonchev–Trinajstić information content (AvgIpc) is 2.73. The van der Waals surface area contributed by atoms with Gasteiger partial charge in [0.05, 0.1) is 23.3 Å². The lowest BCUT2D eigenvalue weighted by atomic mass is 10.1. The number of benzene rings is 2. The molecular weight excluding hydrogens is 386 g/mol. The number of nitrogens with one attached hydrogen (secondary N) is 1. The zero-order chi connectivity index (χ0) is 20.6. The van der Waals surface area contributed by atoms with E-state index in [-0.39, 0.29) is 17.2 Å². The number of rotatable bonds is 9. The van der Waals surface area contributed by atoms with Crippen molar-refractivity contribution in [3.63, 3.8) is 0 Å². The molecule has 1 heterocycles. The molecule has 0 saturated heterocycles. The van der Waals surface area contributed by atoms with Crippen molar-refractivity contribution in [2.75, 3.05) is 26.0 Å². The van der Waals surface area contributed by atoms with E-state index in [4.69, 9.17) is 4.74 Å². The second-order valence-electron chi connectivity index (χ2n) is 6.77. The lowest BCUT2D eigenvalue weighted by Gasteiger charge is -2.12. The molecule has 0 radical (unpaired) electrons. The van der Waals surface area contributed by atoms with E-state index in [9.17, 15) is 9.59 Å². The summed E-state index contributed by atoms with van der Waals surface area (Å²) in [6.45, 7) is 3.64. The third kappa shape index (κ3) is 5.68. The molecule has 7 heteroatoms. The summed E-state index contributed by atoms with van der Waals surface area (Å²) in [7, 11) is 1.63. The summed E-state index contributed by atoms with van der Waals surface area (Å²) in [6.07, 6.45) is 0.754. The van der Waals surface area contributed by atoms with Crippen LogP contribution in [-0.2, 0) is 16.1 Å². The molecule has 1 amide bonds. The Morgan fingerprint density at radius 1 is 1.17 bits per heavy atom. The number of para-hydroxylation sites is 2. The number of aromatic nitrogens is 2. The van der Waals surface area contributed by atoms with Crippen molar-refractivity contribution in [1.29, 1.82) is 0 Å². The second-order valence-corrected chi connectivity index (χ2v) is 7.73. The number of amides is 1. The Bertz CT molecular complexity index is 1030. The maximum atomic E-state index is 13.1. The number of carbonyl (C=O) groups excluding carboxylic acids is 1. The van der Waals surface area contributed by atoms with E-state index in [1.54, 1.807) is 11.7 Å². The number of methoxy groups -OCH3 is 1. The molecule has 3 aromatic rings. The van der Waals surface area contributed by atoms with Gasteiger partial charge in [-0.15, -0.1) is 0 Å². The highest BCUT2D eigenvalue weighted by Gasteiger charge is 2.13. The zero-order valence-electron chi connectivity index (χ0n) is 16.7. The normalized spacial score (nSPS) is 11.0. The molecular formula is C22H25N3O3S. The van der Waals surface area contributed by atoms with Crippen LogP contribution in [-0.4, -0.2) is 41.5 Å². The van der Waals surface area contributed by atoms with Crippen molar-refractivity contribution in [2.24, 2.45) is 0 Å². The van der Waals surface area contributed by atoms with Gasteiger partial charge in [0.1, 0.15) is 0 Å². The first-order valence-electron chi connectivity index (χ1n) is 9.52. The van der Waals surface area contributed by atoms with Crippen molar-refractivity contribution >= 4 is 28.7 Å². The van der Waals surface area contributed by atoms with Gasteiger partial charge in [0, 0.05) is 20.3 Å². The predicted molar refractivity (Wildman–Crippen MR) is 117 cm³/mol. The van der Waals surface area contributed by atoms with Crippen LogP contribution in [0.3, 0.4) is 0 Å². The summed E-state index contributed by atoms with van der Waals surface area (Å²) >= 11 is 1.17. The molecule has 0 bridgehead atoms. The van der Waals surface area contributed by atoms with Gasteiger partial charge >= 0.3 is 0 Å². The first-order chi connectivity index (χ1) is 14.1. The number of carbonyl (C=O) groups is 1. The van der Waals surface area contributed by atoms with Crippen LogP contribution in [0.25, 0.3) is 11.0 Å². The number of aryl methyl sites for hydroxylation is 1. The minimum Gasteiger partial charge on any atom is -0.385 e. The maximum absolute atomic E-state index is 13.1. The highest BCUT2D eigenvalue weighted by atomic mass is 32.2. The standard InChI is InChI=1S/C22H25N3O3S/c1-16-8-10-17(11-9-16)14-25-19-7-4-3-6-18(19)24-21(22(25)27)29-15-20(26)23-12-5-13-28-2/h3-4,6-11H,5,12-15H2,1-2H3,(H,23,26). The van der Waals surface area contributed by atoms with E-state index in [1.807, 2.05) is 55.5 Å². The number of fused-ring (bicyclic) bond motifs is 1. The van der Waals surface area contributed by atoms with Gasteiger partial charge in [0.2, 0.25) is 5.91 Å². The van der Waals surface area contributed by atoms with E-state index in [1.165, 1.54) is 17.3 Å². The highest BCUT2D eigenvalue weighted by molar-refractivity contribution is 7.99. The monoisotopic (exact) mass is 411 g/mol. The van der Waals surface area contributed by atoms with Crippen LogP contribution < -0.4 is 10.9 Å². The third-order valence-electron chi connectivity index (χ3n) is 4.47. The van der Waals surface area contributed by atoms with E-state index in [0.29, 0.717) is 24.7 Å². The first-order valence-corrected chi connectivity index (χ1v) is 10.5. The Morgan fingerprint density at radius 2 is 1.93 bits per heavy atom. The van der Waals surface area contributed by atoms with Crippen LogP contribution in [0.15, 0.2) is 58.4 Å². The van der Waals surface area contributed by atoms with Crippen molar-refractivity contribution in [3.05, 3.63) is 70.0 Å². The Morgan fingerprint density at radius 3 is 2.69 bits per heavy atom. The molecule has 0 unspecified atom stereocenters. The fourth-order valence-corrected chi connectivity index (χ4v) is 3.69. The molecule has 29 heavy (non-hydrogen) atoms. The largest absolute Gasteiger partial charge is 0.385 e. The van der Waals surface area contributed by atoms with Gasteiger partial charge in [-0.25, -0.2) is 4.98 Å². The Balaban J connectivity index is 1.81. The van der Waals surface area contributed by atoms with Gasteiger partial charge in [0.25, 0.3) is 5.56 Å². The lowest BCUT2D eigenvalue weighted by Crippen LogP contribution is -2.28. The van der Waals surface area contributed by atoms with Crippen molar-refractivity contribution in [3.8, 4) is 0 Å². The summed E-state index contributed by atoms with van der Waals surface area (Å²) in [6, 6.07) is 15.7. The first kappa shape index (κ1) is 21.1. The van der Waals surface area contributed by atoms with Crippen LogP contribution >= 0.6 is 11.8 Å². The fourth-order valence-electron chi connectivity index (χ4n) is 2.93. The molecule has 0 fully saturated rings. The number of ether oxygens (including phenoxy) is 1. The summed E-state index contributed by atoms with van der Waals surface area (Å²) in [5.41, 5.74) is 3.56. The molecule has 0 atom stereocenters. The van der Waals surface area contributed by atoms with Gasteiger partial charge in [-0.2, -0.15) is 0 Å². The number of nitrogens with zero attached hydrogens (tertiary/aromatic N) is 2. The van der Waals surface area contributed by atoms with Crippen molar-refractivity contribution < 1.29 is 9.53 Å². The molecule has 1 N–H and O–H groups in total. The second kappa shape index (κ2) is 10.2. The number of thioether (sulfide) groups is 1. The average molecular weight is 412 g/mol. The minimum absolute atomic E-state index is 0.120. The van der Waals surface area contributed by atoms with E-state index in [2.05, 4.69) is 10.3 Å². The molecule has 1 aromatic heterocycles. The fraction of sp³-hybridized carbons (Fsp3) is 0.318. The van der Waals surface area contributed by atoms with Crippen LogP contribution in [0.1, 0.15) is 17.5 Å². The molecule has 0 spiro atoms.